The summed E-state index contributed by atoms with van der Waals surface area (Å²) in [6, 6.07) is 0.991. The van der Waals surface area contributed by atoms with Crippen molar-refractivity contribution in [1.82, 2.24) is 20.0 Å². The number of aryl methyl sites for hydroxylation is 1. The third-order valence-electron chi connectivity index (χ3n) is 4.00. The molecule has 19 heavy (non-hydrogen) atoms. The number of rotatable bonds is 5. The van der Waals surface area contributed by atoms with Gasteiger partial charge < -0.3 is 10.2 Å². The molecule has 2 aliphatic rings. The fourth-order valence-electron chi connectivity index (χ4n) is 2.83. The first-order valence-electron chi connectivity index (χ1n) is 7.23. The van der Waals surface area contributed by atoms with Crippen molar-refractivity contribution >= 4 is 5.91 Å². The maximum absolute atomic E-state index is 12.5. The van der Waals surface area contributed by atoms with Gasteiger partial charge in [0.2, 0.25) is 5.91 Å². The van der Waals surface area contributed by atoms with Gasteiger partial charge in [0.25, 0.3) is 0 Å². The van der Waals surface area contributed by atoms with Crippen LogP contribution in [0.15, 0.2) is 12.4 Å². The van der Waals surface area contributed by atoms with Crippen molar-refractivity contribution in [3.05, 3.63) is 18.0 Å². The van der Waals surface area contributed by atoms with E-state index in [2.05, 4.69) is 15.3 Å². The van der Waals surface area contributed by atoms with Gasteiger partial charge in [-0.1, -0.05) is 0 Å². The second kappa shape index (κ2) is 5.33. The van der Waals surface area contributed by atoms with Crippen LogP contribution >= 0.6 is 0 Å². The van der Waals surface area contributed by atoms with Crippen LogP contribution in [0.4, 0.5) is 0 Å². The molecule has 5 nitrogen and oxygen atoms in total. The Kier molecular flexibility index (Phi) is 3.55. The van der Waals surface area contributed by atoms with Crippen molar-refractivity contribution in [2.45, 2.75) is 44.2 Å². The summed E-state index contributed by atoms with van der Waals surface area (Å²) < 4.78 is 1.75. The molecule has 2 fully saturated rings. The summed E-state index contributed by atoms with van der Waals surface area (Å²) in [7, 11) is 1.88. The van der Waals surface area contributed by atoms with Crippen molar-refractivity contribution in [1.29, 1.82) is 0 Å². The fraction of sp³-hybridized carbons (Fsp3) is 0.714. The molecular weight excluding hydrogens is 240 g/mol. The molecule has 1 saturated heterocycles. The van der Waals surface area contributed by atoms with E-state index in [0.717, 1.165) is 18.7 Å². The Morgan fingerprint density at radius 1 is 1.53 bits per heavy atom. The van der Waals surface area contributed by atoms with Crippen molar-refractivity contribution in [2.24, 2.45) is 7.05 Å². The highest BCUT2D eigenvalue weighted by Gasteiger charge is 2.34. The third kappa shape index (κ3) is 3.15. The summed E-state index contributed by atoms with van der Waals surface area (Å²) in [5.74, 6) is 0.254. The molecule has 1 N–H and O–H groups in total. The normalized spacial score (nSPS) is 22.7. The Balaban J connectivity index is 1.60. The molecule has 0 bridgehead atoms. The quantitative estimate of drug-likeness (QED) is 0.850. The van der Waals surface area contributed by atoms with Gasteiger partial charge in [-0.05, 0) is 37.8 Å². The van der Waals surface area contributed by atoms with E-state index in [1.54, 1.807) is 10.9 Å². The minimum Gasteiger partial charge on any atom is -0.338 e. The summed E-state index contributed by atoms with van der Waals surface area (Å²) in [6.07, 6.45) is 8.98. The Hall–Kier alpha value is -1.36. The zero-order valence-corrected chi connectivity index (χ0v) is 11.5. The molecule has 1 saturated carbocycles. The molecule has 1 aromatic heterocycles. The summed E-state index contributed by atoms with van der Waals surface area (Å²) >= 11 is 0. The van der Waals surface area contributed by atoms with E-state index in [1.807, 2.05) is 13.2 Å². The molecule has 1 aliphatic carbocycles. The Labute approximate surface area is 114 Å². The van der Waals surface area contributed by atoms with Crippen LogP contribution in [-0.4, -0.2) is 45.8 Å². The van der Waals surface area contributed by atoms with Gasteiger partial charge in [0, 0.05) is 31.9 Å². The topological polar surface area (TPSA) is 50.2 Å². The molecule has 5 heteroatoms. The van der Waals surface area contributed by atoms with Crippen molar-refractivity contribution < 1.29 is 4.79 Å². The van der Waals surface area contributed by atoms with Crippen LogP contribution in [-0.2, 0) is 18.3 Å². The smallest absolute Gasteiger partial charge is 0.227 e. The molecule has 1 atom stereocenters. The van der Waals surface area contributed by atoms with Crippen molar-refractivity contribution in [2.75, 3.05) is 13.1 Å². The second-order valence-corrected chi connectivity index (χ2v) is 5.77. The standard InChI is InChI=1S/C14H22N4O/c1-17-9-11(8-16-17)7-14(19)18(13-4-5-13)10-12-3-2-6-15-12/h8-9,12-13,15H,2-7,10H2,1H3/t12-/m0/s1. The molecule has 1 aromatic rings. The van der Waals surface area contributed by atoms with Crippen LogP contribution in [0.1, 0.15) is 31.2 Å². The predicted octanol–water partition coefficient (Wildman–Crippen LogP) is 0.706. The molecule has 2 heterocycles. The van der Waals surface area contributed by atoms with E-state index in [-0.39, 0.29) is 5.91 Å². The lowest BCUT2D eigenvalue weighted by Crippen LogP contribution is -2.43. The first-order valence-corrected chi connectivity index (χ1v) is 7.23. The van der Waals surface area contributed by atoms with Gasteiger partial charge in [-0.2, -0.15) is 5.10 Å². The second-order valence-electron chi connectivity index (χ2n) is 5.77. The average molecular weight is 262 g/mol. The zero-order chi connectivity index (χ0) is 13.2. The largest absolute Gasteiger partial charge is 0.338 e. The summed E-state index contributed by atoms with van der Waals surface area (Å²) in [6.45, 7) is 1.98. The number of aromatic nitrogens is 2. The lowest BCUT2D eigenvalue weighted by atomic mass is 10.2. The van der Waals surface area contributed by atoms with Gasteiger partial charge in [-0.3, -0.25) is 9.48 Å². The minimum atomic E-state index is 0.254. The first-order chi connectivity index (χ1) is 9.22. The van der Waals surface area contributed by atoms with Crippen molar-refractivity contribution in [3.8, 4) is 0 Å². The number of carbonyl (C=O) groups is 1. The highest BCUT2D eigenvalue weighted by Crippen LogP contribution is 2.28. The van der Waals surface area contributed by atoms with Gasteiger partial charge in [0.1, 0.15) is 0 Å². The average Bonchev–Trinajstić information content (AvgIpc) is 2.93. The van der Waals surface area contributed by atoms with Crippen LogP contribution in [0.2, 0.25) is 0 Å². The first kappa shape index (κ1) is 12.7. The Morgan fingerprint density at radius 3 is 2.95 bits per heavy atom. The molecule has 1 amide bonds. The molecule has 3 rings (SSSR count). The SMILES string of the molecule is Cn1cc(CC(=O)N(C[C@@H]2CCCN2)C2CC2)cn1. The molecule has 0 spiro atoms. The van der Waals surface area contributed by atoms with E-state index >= 15 is 0 Å². The van der Waals surface area contributed by atoms with Crippen LogP contribution in [0.25, 0.3) is 0 Å². The predicted molar refractivity (Wildman–Crippen MR) is 72.7 cm³/mol. The highest BCUT2D eigenvalue weighted by molar-refractivity contribution is 5.79. The lowest BCUT2D eigenvalue weighted by Gasteiger charge is -2.25. The third-order valence-corrected chi connectivity index (χ3v) is 4.00. The van der Waals surface area contributed by atoms with Crippen LogP contribution in [0.3, 0.4) is 0 Å². The van der Waals surface area contributed by atoms with E-state index in [4.69, 9.17) is 0 Å². The molecule has 104 valence electrons. The van der Waals surface area contributed by atoms with E-state index in [1.165, 1.54) is 25.7 Å². The molecule has 0 unspecified atom stereocenters. The van der Waals surface area contributed by atoms with Crippen molar-refractivity contribution in [3.63, 3.8) is 0 Å². The fourth-order valence-corrected chi connectivity index (χ4v) is 2.83. The maximum Gasteiger partial charge on any atom is 0.227 e. The number of amides is 1. The van der Waals surface area contributed by atoms with Gasteiger partial charge >= 0.3 is 0 Å². The molecule has 0 radical (unpaired) electrons. The van der Waals surface area contributed by atoms with E-state index < -0.39 is 0 Å². The van der Waals surface area contributed by atoms with Gasteiger partial charge in [-0.15, -0.1) is 0 Å². The molecule has 1 aliphatic heterocycles. The van der Waals surface area contributed by atoms with Gasteiger partial charge in [0.05, 0.1) is 12.6 Å². The van der Waals surface area contributed by atoms with Crippen LogP contribution in [0.5, 0.6) is 0 Å². The summed E-state index contributed by atoms with van der Waals surface area (Å²) in [5.41, 5.74) is 1.01. The Morgan fingerprint density at radius 2 is 2.37 bits per heavy atom. The summed E-state index contributed by atoms with van der Waals surface area (Å²) in [5, 5.41) is 7.61. The van der Waals surface area contributed by atoms with Crippen LogP contribution < -0.4 is 5.32 Å². The van der Waals surface area contributed by atoms with Crippen LogP contribution in [0, 0.1) is 0 Å². The molecular formula is C14H22N4O. The van der Waals surface area contributed by atoms with E-state index in [9.17, 15) is 4.79 Å². The highest BCUT2D eigenvalue weighted by atomic mass is 16.2. The number of hydrogen-bond acceptors (Lipinski definition) is 3. The summed E-state index contributed by atoms with van der Waals surface area (Å²) in [4.78, 5) is 14.5. The number of hydrogen-bond donors (Lipinski definition) is 1. The number of nitrogens with one attached hydrogen (secondary N) is 1. The monoisotopic (exact) mass is 262 g/mol. The minimum absolute atomic E-state index is 0.254. The zero-order valence-electron chi connectivity index (χ0n) is 11.5. The Bertz CT molecular complexity index is 446. The number of nitrogens with zero attached hydrogens (tertiary/aromatic N) is 3. The van der Waals surface area contributed by atoms with Gasteiger partial charge in [0.15, 0.2) is 0 Å². The lowest BCUT2D eigenvalue weighted by molar-refractivity contribution is -0.131. The number of carbonyl (C=O) groups excluding carboxylic acids is 1. The molecule has 0 aromatic carbocycles. The maximum atomic E-state index is 12.5. The van der Waals surface area contributed by atoms with E-state index in [0.29, 0.717) is 18.5 Å². The van der Waals surface area contributed by atoms with Gasteiger partial charge in [-0.25, -0.2) is 0 Å².